The molecular weight excluding hydrogens is 398 g/mol. The van der Waals surface area contributed by atoms with Crippen molar-refractivity contribution in [1.82, 2.24) is 0 Å². The molecule has 0 spiro atoms. The largest absolute Gasteiger partial charge is 0.506 e. The SMILES string of the molecule is Cc1ccc(S(=O)(=O)Nc2cc(S[C@H](C)C(=O)O)c(O)c3ccccc23)cc1. The first-order valence-electron chi connectivity index (χ1n) is 8.42. The molecule has 3 aromatic rings. The minimum atomic E-state index is -3.85. The Kier molecular flexibility index (Phi) is 5.53. The number of benzene rings is 3. The van der Waals surface area contributed by atoms with Gasteiger partial charge in [-0.15, -0.1) is 11.8 Å². The predicted molar refractivity (Wildman–Crippen MR) is 111 cm³/mol. The molecule has 3 rings (SSSR count). The average Bonchev–Trinajstić information content (AvgIpc) is 2.65. The Bertz CT molecular complexity index is 1140. The lowest BCUT2D eigenvalue weighted by molar-refractivity contribution is -0.136. The zero-order valence-corrected chi connectivity index (χ0v) is 16.8. The quantitative estimate of drug-likeness (QED) is 0.410. The second-order valence-corrected chi connectivity index (χ2v) is 9.40. The van der Waals surface area contributed by atoms with E-state index in [4.69, 9.17) is 5.11 Å². The summed E-state index contributed by atoms with van der Waals surface area (Å²) in [6.45, 7) is 3.36. The number of fused-ring (bicyclic) bond motifs is 1. The molecule has 146 valence electrons. The van der Waals surface area contributed by atoms with Crippen molar-refractivity contribution >= 4 is 44.2 Å². The highest BCUT2D eigenvalue weighted by Crippen LogP contribution is 2.41. The minimum absolute atomic E-state index is 0.0769. The molecule has 3 N–H and O–H groups in total. The van der Waals surface area contributed by atoms with Crippen molar-refractivity contribution < 1.29 is 23.4 Å². The number of phenolic OH excluding ortho intramolecular Hbond substituents is 1. The van der Waals surface area contributed by atoms with Crippen LogP contribution in [0.3, 0.4) is 0 Å². The van der Waals surface area contributed by atoms with Gasteiger partial charge < -0.3 is 10.2 Å². The van der Waals surface area contributed by atoms with Crippen molar-refractivity contribution in [3.05, 3.63) is 60.2 Å². The molecule has 0 aromatic heterocycles. The monoisotopic (exact) mass is 417 g/mol. The van der Waals surface area contributed by atoms with Crippen molar-refractivity contribution in [2.24, 2.45) is 0 Å². The van der Waals surface area contributed by atoms with Gasteiger partial charge in [-0.3, -0.25) is 9.52 Å². The molecule has 0 saturated heterocycles. The summed E-state index contributed by atoms with van der Waals surface area (Å²) in [5.41, 5.74) is 1.21. The van der Waals surface area contributed by atoms with E-state index in [0.29, 0.717) is 10.8 Å². The molecule has 3 aromatic carbocycles. The molecule has 0 bridgehead atoms. The highest BCUT2D eigenvalue weighted by Gasteiger charge is 2.21. The average molecular weight is 418 g/mol. The summed E-state index contributed by atoms with van der Waals surface area (Å²) in [6.07, 6.45) is 0. The van der Waals surface area contributed by atoms with Gasteiger partial charge in [0.25, 0.3) is 10.0 Å². The molecule has 0 radical (unpaired) electrons. The van der Waals surface area contributed by atoms with Crippen LogP contribution in [0.2, 0.25) is 0 Å². The van der Waals surface area contributed by atoms with E-state index in [1.165, 1.54) is 25.1 Å². The van der Waals surface area contributed by atoms with E-state index in [9.17, 15) is 18.3 Å². The number of phenols is 1. The van der Waals surface area contributed by atoms with Gasteiger partial charge in [0.15, 0.2) is 0 Å². The van der Waals surface area contributed by atoms with Gasteiger partial charge >= 0.3 is 5.97 Å². The Balaban J connectivity index is 2.10. The summed E-state index contributed by atoms with van der Waals surface area (Å²) in [6, 6.07) is 14.7. The van der Waals surface area contributed by atoms with Gasteiger partial charge in [-0.1, -0.05) is 42.0 Å². The fourth-order valence-electron chi connectivity index (χ4n) is 2.67. The Labute approximate surface area is 167 Å². The van der Waals surface area contributed by atoms with Crippen LogP contribution in [0.25, 0.3) is 10.8 Å². The third kappa shape index (κ3) is 4.07. The van der Waals surface area contributed by atoms with Gasteiger partial charge in [0.2, 0.25) is 0 Å². The van der Waals surface area contributed by atoms with Crippen LogP contribution in [0.4, 0.5) is 5.69 Å². The molecule has 0 unspecified atom stereocenters. The van der Waals surface area contributed by atoms with Gasteiger partial charge in [-0.05, 0) is 32.0 Å². The van der Waals surface area contributed by atoms with Crippen LogP contribution in [-0.4, -0.2) is 29.9 Å². The van der Waals surface area contributed by atoms with Gasteiger partial charge in [0, 0.05) is 10.8 Å². The first kappa shape index (κ1) is 20.0. The molecular formula is C20H19NO5S2. The molecule has 6 nitrogen and oxygen atoms in total. The number of aliphatic carboxylic acids is 1. The molecule has 1 atom stereocenters. The number of aromatic hydroxyl groups is 1. The fraction of sp³-hybridized carbons (Fsp3) is 0.150. The number of hydrogen-bond donors (Lipinski definition) is 3. The van der Waals surface area contributed by atoms with E-state index in [1.54, 1.807) is 36.4 Å². The first-order valence-corrected chi connectivity index (χ1v) is 10.8. The normalized spacial score (nSPS) is 12.6. The van der Waals surface area contributed by atoms with Crippen LogP contribution in [-0.2, 0) is 14.8 Å². The third-order valence-electron chi connectivity index (χ3n) is 4.21. The first-order chi connectivity index (χ1) is 13.2. The smallest absolute Gasteiger partial charge is 0.316 e. The molecule has 0 aliphatic heterocycles. The summed E-state index contributed by atoms with van der Waals surface area (Å²) in [5, 5.41) is 19.9. The Hall–Kier alpha value is -2.71. The van der Waals surface area contributed by atoms with E-state index in [1.807, 2.05) is 6.92 Å². The van der Waals surface area contributed by atoms with Crippen molar-refractivity contribution in [3.63, 3.8) is 0 Å². The number of sulfonamides is 1. The van der Waals surface area contributed by atoms with Gasteiger partial charge in [0.1, 0.15) is 11.0 Å². The second kappa shape index (κ2) is 7.73. The van der Waals surface area contributed by atoms with Crippen molar-refractivity contribution in [2.75, 3.05) is 4.72 Å². The molecule has 0 amide bonds. The Morgan fingerprint density at radius 3 is 2.29 bits per heavy atom. The fourth-order valence-corrected chi connectivity index (χ4v) is 4.63. The predicted octanol–water partition coefficient (Wildman–Crippen LogP) is 4.22. The lowest BCUT2D eigenvalue weighted by Crippen LogP contribution is -2.14. The van der Waals surface area contributed by atoms with Crippen LogP contribution in [0.1, 0.15) is 12.5 Å². The molecule has 0 aliphatic rings. The number of rotatable bonds is 6. The molecule has 0 heterocycles. The van der Waals surface area contributed by atoms with Crippen LogP contribution < -0.4 is 4.72 Å². The Morgan fingerprint density at radius 1 is 1.07 bits per heavy atom. The summed E-state index contributed by atoms with van der Waals surface area (Å²) in [5.74, 6) is -1.11. The number of carboxylic acids is 1. The van der Waals surface area contributed by atoms with Gasteiger partial charge in [0.05, 0.1) is 15.5 Å². The maximum absolute atomic E-state index is 12.8. The summed E-state index contributed by atoms with van der Waals surface area (Å²) in [4.78, 5) is 11.6. The highest BCUT2D eigenvalue weighted by atomic mass is 32.2. The van der Waals surface area contributed by atoms with Crippen LogP contribution in [0, 0.1) is 6.92 Å². The molecule has 28 heavy (non-hydrogen) atoms. The number of thioether (sulfide) groups is 1. The number of carbonyl (C=O) groups is 1. The van der Waals surface area contributed by atoms with Crippen molar-refractivity contribution in [3.8, 4) is 5.75 Å². The maximum atomic E-state index is 12.8. The number of nitrogens with one attached hydrogen (secondary N) is 1. The van der Waals surface area contributed by atoms with Crippen molar-refractivity contribution in [1.29, 1.82) is 0 Å². The summed E-state index contributed by atoms with van der Waals surface area (Å²) < 4.78 is 28.2. The Morgan fingerprint density at radius 2 is 1.68 bits per heavy atom. The lowest BCUT2D eigenvalue weighted by Gasteiger charge is -2.16. The second-order valence-electron chi connectivity index (χ2n) is 6.33. The summed E-state index contributed by atoms with van der Waals surface area (Å²) >= 11 is 0.947. The standard InChI is InChI=1S/C20H19NO5S2/c1-12-7-9-14(10-8-12)28(25,26)21-17-11-18(27-13(2)20(23)24)19(22)16-6-4-3-5-15(16)17/h3-11,13,21-22H,1-2H3,(H,23,24)/t13-/m1/s1. The van der Waals surface area contributed by atoms with E-state index in [-0.39, 0.29) is 21.2 Å². The van der Waals surface area contributed by atoms with E-state index in [2.05, 4.69) is 4.72 Å². The minimum Gasteiger partial charge on any atom is -0.506 e. The van der Waals surface area contributed by atoms with Crippen LogP contribution in [0.5, 0.6) is 5.75 Å². The number of aryl methyl sites for hydroxylation is 1. The zero-order valence-electron chi connectivity index (χ0n) is 15.2. The van der Waals surface area contributed by atoms with Crippen molar-refractivity contribution in [2.45, 2.75) is 28.9 Å². The van der Waals surface area contributed by atoms with E-state index < -0.39 is 21.2 Å². The molecule has 0 saturated carbocycles. The number of anilines is 1. The van der Waals surface area contributed by atoms with Crippen LogP contribution >= 0.6 is 11.8 Å². The van der Waals surface area contributed by atoms with E-state index in [0.717, 1.165) is 17.3 Å². The third-order valence-corrected chi connectivity index (χ3v) is 6.71. The van der Waals surface area contributed by atoms with E-state index >= 15 is 0 Å². The number of carboxylic acid groups (broad SMARTS) is 1. The van der Waals surface area contributed by atoms with Gasteiger partial charge in [-0.25, -0.2) is 8.42 Å². The zero-order chi connectivity index (χ0) is 20.5. The number of hydrogen-bond acceptors (Lipinski definition) is 5. The molecule has 8 heteroatoms. The molecule has 0 fully saturated rings. The maximum Gasteiger partial charge on any atom is 0.316 e. The summed E-state index contributed by atoms with van der Waals surface area (Å²) in [7, 11) is -3.85. The highest BCUT2D eigenvalue weighted by molar-refractivity contribution is 8.00. The van der Waals surface area contributed by atoms with Crippen LogP contribution in [0.15, 0.2) is 64.4 Å². The topological polar surface area (TPSA) is 104 Å². The lowest BCUT2D eigenvalue weighted by atomic mass is 10.1. The molecule has 0 aliphatic carbocycles. The van der Waals surface area contributed by atoms with Gasteiger partial charge in [-0.2, -0.15) is 0 Å².